The summed E-state index contributed by atoms with van der Waals surface area (Å²) in [4.78, 5) is 0.126. The maximum absolute atomic E-state index is 12.5. The van der Waals surface area contributed by atoms with Gasteiger partial charge in [-0.2, -0.15) is 15.1 Å². The van der Waals surface area contributed by atoms with Crippen molar-refractivity contribution in [3.05, 3.63) is 47.3 Å². The highest BCUT2D eigenvalue weighted by Gasteiger charge is 2.27. The van der Waals surface area contributed by atoms with E-state index in [1.807, 2.05) is 12.1 Å². The van der Waals surface area contributed by atoms with Crippen LogP contribution in [-0.4, -0.2) is 18.2 Å². The van der Waals surface area contributed by atoms with Crippen molar-refractivity contribution in [3.63, 3.8) is 0 Å². The summed E-state index contributed by atoms with van der Waals surface area (Å²) in [7, 11) is -2.14. The molecule has 0 radical (unpaired) electrons. The number of hydrogen-bond acceptors (Lipinski definition) is 4. The monoisotopic (exact) mass is 304 g/mol. The number of aryl methyl sites for hydroxylation is 2. The van der Waals surface area contributed by atoms with E-state index in [4.69, 9.17) is 0 Å². The third kappa shape index (κ3) is 2.96. The normalized spacial score (nSPS) is 12.9. The molecule has 0 fully saturated rings. The summed E-state index contributed by atoms with van der Waals surface area (Å²) in [6.07, 6.45) is 0. The molecule has 1 aromatic carbocycles. The molecule has 21 heavy (non-hydrogen) atoms. The van der Waals surface area contributed by atoms with E-state index in [0.717, 1.165) is 0 Å². The van der Waals surface area contributed by atoms with Gasteiger partial charge in [0.2, 0.25) is 10.0 Å². The van der Waals surface area contributed by atoms with Crippen LogP contribution in [0.15, 0.2) is 35.2 Å². The topological polar surface area (TPSA) is 87.8 Å². The lowest BCUT2D eigenvalue weighted by molar-refractivity contribution is 0.574. The summed E-state index contributed by atoms with van der Waals surface area (Å²) in [5.41, 5.74) is 1.54. The van der Waals surface area contributed by atoms with Gasteiger partial charge in [-0.05, 0) is 19.4 Å². The summed E-state index contributed by atoms with van der Waals surface area (Å²) >= 11 is 0. The first-order valence-corrected chi connectivity index (χ1v) is 7.82. The van der Waals surface area contributed by atoms with Crippen molar-refractivity contribution in [2.45, 2.75) is 24.8 Å². The van der Waals surface area contributed by atoms with Crippen molar-refractivity contribution in [1.29, 1.82) is 5.26 Å². The SMILES string of the molecule is Cc1nn(C)c(C)c1S(=O)(=O)NC(C#N)c1ccccc1. The number of nitrogens with one attached hydrogen (secondary N) is 1. The van der Waals surface area contributed by atoms with E-state index in [0.29, 0.717) is 17.0 Å². The van der Waals surface area contributed by atoms with Crippen LogP contribution < -0.4 is 4.72 Å². The van der Waals surface area contributed by atoms with Crippen LogP contribution in [0.5, 0.6) is 0 Å². The average Bonchev–Trinajstić information content (AvgIpc) is 2.71. The van der Waals surface area contributed by atoms with Crippen LogP contribution in [-0.2, 0) is 17.1 Å². The number of aromatic nitrogens is 2. The zero-order chi connectivity index (χ0) is 15.6. The van der Waals surface area contributed by atoms with E-state index in [9.17, 15) is 13.7 Å². The van der Waals surface area contributed by atoms with Crippen molar-refractivity contribution in [2.75, 3.05) is 0 Å². The average molecular weight is 304 g/mol. The van der Waals surface area contributed by atoms with Crippen molar-refractivity contribution < 1.29 is 8.42 Å². The van der Waals surface area contributed by atoms with E-state index in [1.165, 1.54) is 4.68 Å². The third-order valence-corrected chi connectivity index (χ3v) is 4.92. The van der Waals surface area contributed by atoms with Crippen LogP contribution in [0.4, 0.5) is 0 Å². The molecule has 0 aliphatic carbocycles. The molecular formula is C14H16N4O2S. The van der Waals surface area contributed by atoms with Gasteiger partial charge in [-0.3, -0.25) is 4.68 Å². The molecule has 7 heteroatoms. The summed E-state index contributed by atoms with van der Waals surface area (Å²) in [6.45, 7) is 3.31. The fourth-order valence-corrected chi connectivity index (χ4v) is 3.74. The second-order valence-electron chi connectivity index (χ2n) is 4.72. The molecule has 1 N–H and O–H groups in total. The molecule has 0 bridgehead atoms. The minimum absolute atomic E-state index is 0.126. The van der Waals surface area contributed by atoms with E-state index in [-0.39, 0.29) is 4.90 Å². The van der Waals surface area contributed by atoms with Crippen LogP contribution in [0, 0.1) is 25.2 Å². The van der Waals surface area contributed by atoms with Gasteiger partial charge < -0.3 is 0 Å². The van der Waals surface area contributed by atoms with Gasteiger partial charge >= 0.3 is 0 Å². The largest absolute Gasteiger partial charge is 0.271 e. The Labute approximate surface area is 124 Å². The van der Waals surface area contributed by atoms with Crippen LogP contribution in [0.1, 0.15) is 23.0 Å². The first-order valence-electron chi connectivity index (χ1n) is 6.34. The molecule has 110 valence electrons. The lowest BCUT2D eigenvalue weighted by atomic mass is 10.1. The third-order valence-electron chi connectivity index (χ3n) is 3.25. The van der Waals surface area contributed by atoms with Crippen molar-refractivity contribution in [1.82, 2.24) is 14.5 Å². The van der Waals surface area contributed by atoms with E-state index >= 15 is 0 Å². The van der Waals surface area contributed by atoms with Crippen molar-refractivity contribution in [2.24, 2.45) is 7.05 Å². The van der Waals surface area contributed by atoms with Gasteiger partial charge in [-0.25, -0.2) is 8.42 Å². The zero-order valence-electron chi connectivity index (χ0n) is 12.0. The summed E-state index contributed by atoms with van der Waals surface area (Å²) in [5.74, 6) is 0. The van der Waals surface area contributed by atoms with Gasteiger partial charge in [0.15, 0.2) is 0 Å². The Bertz CT molecular complexity index is 788. The fraction of sp³-hybridized carbons (Fsp3) is 0.286. The molecule has 1 aromatic heterocycles. The standard InChI is InChI=1S/C14H16N4O2S/c1-10-14(11(2)18(3)16-10)21(19,20)17-13(9-15)12-7-5-4-6-8-12/h4-8,13,17H,1-3H3. The molecule has 6 nitrogen and oxygen atoms in total. The quantitative estimate of drug-likeness (QED) is 0.929. The molecular weight excluding hydrogens is 288 g/mol. The molecule has 0 spiro atoms. The Morgan fingerprint density at radius 2 is 1.90 bits per heavy atom. The maximum Gasteiger partial charge on any atom is 0.245 e. The number of sulfonamides is 1. The fourth-order valence-electron chi connectivity index (χ4n) is 2.17. The Morgan fingerprint density at radius 3 is 2.38 bits per heavy atom. The van der Waals surface area contributed by atoms with Crippen LogP contribution in [0.25, 0.3) is 0 Å². The maximum atomic E-state index is 12.5. The number of benzene rings is 1. The van der Waals surface area contributed by atoms with Crippen LogP contribution in [0.3, 0.4) is 0 Å². The first kappa shape index (κ1) is 15.2. The van der Waals surface area contributed by atoms with Gasteiger partial charge in [0.05, 0.1) is 17.5 Å². The predicted octanol–water partition coefficient (Wildman–Crippen LogP) is 1.58. The van der Waals surface area contributed by atoms with Crippen molar-refractivity contribution >= 4 is 10.0 Å². The van der Waals surface area contributed by atoms with E-state index in [2.05, 4.69) is 9.82 Å². The molecule has 0 aliphatic rings. The minimum atomic E-state index is -3.82. The zero-order valence-corrected chi connectivity index (χ0v) is 12.8. The van der Waals surface area contributed by atoms with E-state index < -0.39 is 16.1 Å². The predicted molar refractivity (Wildman–Crippen MR) is 77.8 cm³/mol. The lowest BCUT2D eigenvalue weighted by Gasteiger charge is -2.12. The molecule has 0 saturated carbocycles. The molecule has 1 unspecified atom stereocenters. The van der Waals surface area contributed by atoms with Gasteiger partial charge in [0, 0.05) is 7.05 Å². The number of nitriles is 1. The Kier molecular flexibility index (Phi) is 4.11. The smallest absolute Gasteiger partial charge is 0.245 e. The molecule has 0 aliphatic heterocycles. The second-order valence-corrected chi connectivity index (χ2v) is 6.37. The van der Waals surface area contributed by atoms with Crippen molar-refractivity contribution in [3.8, 4) is 6.07 Å². The molecule has 1 heterocycles. The molecule has 1 atom stereocenters. The second kappa shape index (κ2) is 5.68. The van der Waals surface area contributed by atoms with Gasteiger partial charge in [-0.15, -0.1) is 0 Å². The first-order chi connectivity index (χ1) is 9.86. The molecule has 0 amide bonds. The van der Waals surface area contributed by atoms with Gasteiger partial charge in [0.1, 0.15) is 10.9 Å². The van der Waals surface area contributed by atoms with Crippen LogP contribution in [0.2, 0.25) is 0 Å². The van der Waals surface area contributed by atoms with Gasteiger partial charge in [0.25, 0.3) is 0 Å². The Morgan fingerprint density at radius 1 is 1.29 bits per heavy atom. The van der Waals surface area contributed by atoms with E-state index in [1.54, 1.807) is 45.2 Å². The summed E-state index contributed by atoms with van der Waals surface area (Å²) in [5, 5.41) is 13.3. The number of nitrogens with zero attached hydrogens (tertiary/aromatic N) is 3. The highest BCUT2D eigenvalue weighted by atomic mass is 32.2. The minimum Gasteiger partial charge on any atom is -0.271 e. The highest BCUT2D eigenvalue weighted by molar-refractivity contribution is 7.89. The summed E-state index contributed by atoms with van der Waals surface area (Å²) < 4.78 is 29.0. The highest BCUT2D eigenvalue weighted by Crippen LogP contribution is 2.21. The Balaban J connectivity index is 2.39. The molecule has 2 aromatic rings. The number of hydrogen-bond donors (Lipinski definition) is 1. The molecule has 0 saturated heterocycles. The summed E-state index contributed by atoms with van der Waals surface area (Å²) in [6, 6.07) is 9.78. The lowest BCUT2D eigenvalue weighted by Crippen LogP contribution is -2.28. The number of rotatable bonds is 4. The van der Waals surface area contributed by atoms with Gasteiger partial charge in [-0.1, -0.05) is 30.3 Å². The van der Waals surface area contributed by atoms with Crippen LogP contribution >= 0.6 is 0 Å². The Hall–Kier alpha value is -2.17. The molecule has 2 rings (SSSR count).